The maximum absolute atomic E-state index is 12.8. The molecule has 0 radical (unpaired) electrons. The number of anilines is 1. The molecule has 2 aliphatic rings. The summed E-state index contributed by atoms with van der Waals surface area (Å²) in [6.07, 6.45) is 0.239. The Labute approximate surface area is 171 Å². The predicted octanol–water partition coefficient (Wildman–Crippen LogP) is 3.75. The maximum Gasteiger partial charge on any atom is 0.247 e. The van der Waals surface area contributed by atoms with Gasteiger partial charge in [-0.25, -0.2) is 4.90 Å². The van der Waals surface area contributed by atoms with Crippen molar-refractivity contribution in [2.24, 2.45) is 0 Å². The number of imide groups is 1. The smallest absolute Gasteiger partial charge is 0.247 e. The molecule has 0 N–H and O–H groups in total. The first-order valence-corrected chi connectivity index (χ1v) is 10.2. The van der Waals surface area contributed by atoms with E-state index in [0.717, 1.165) is 4.90 Å². The zero-order valence-corrected chi connectivity index (χ0v) is 17.4. The quantitative estimate of drug-likeness (QED) is 0.523. The van der Waals surface area contributed by atoms with Crippen LogP contribution in [0.5, 0.6) is 0 Å². The second-order valence-electron chi connectivity index (χ2n) is 6.40. The van der Waals surface area contributed by atoms with Crippen molar-refractivity contribution < 1.29 is 14.3 Å². The lowest BCUT2D eigenvalue weighted by Gasteiger charge is -2.36. The first kappa shape index (κ1) is 19.9. The Balaban J connectivity index is 1.71. The van der Waals surface area contributed by atoms with Gasteiger partial charge in [0, 0.05) is 24.5 Å². The van der Waals surface area contributed by atoms with E-state index in [1.54, 1.807) is 12.1 Å². The number of hydrogen-bond acceptors (Lipinski definition) is 5. The lowest BCUT2D eigenvalue weighted by atomic mass is 10.2. The fourth-order valence-electron chi connectivity index (χ4n) is 3.14. The minimum absolute atomic E-state index is 0.0718. The Hall–Kier alpha value is -0.860. The fourth-order valence-corrected chi connectivity index (χ4v) is 5.10. The molecule has 9 heteroatoms. The summed E-state index contributed by atoms with van der Waals surface area (Å²) < 4.78 is 6.32. The number of carbonyl (C=O) groups is 2. The van der Waals surface area contributed by atoms with E-state index in [1.807, 2.05) is 18.7 Å². The van der Waals surface area contributed by atoms with Gasteiger partial charge in [0.25, 0.3) is 0 Å². The van der Waals surface area contributed by atoms with Crippen molar-refractivity contribution in [3.05, 3.63) is 28.2 Å². The molecule has 0 bridgehead atoms. The van der Waals surface area contributed by atoms with Gasteiger partial charge in [-0.15, -0.1) is 0 Å². The van der Waals surface area contributed by atoms with E-state index in [2.05, 4.69) is 0 Å². The molecule has 0 unspecified atom stereocenters. The second kappa shape index (κ2) is 8.02. The highest BCUT2D eigenvalue weighted by molar-refractivity contribution is 8.23. The van der Waals surface area contributed by atoms with Gasteiger partial charge in [0.05, 0.1) is 22.9 Å². The summed E-state index contributed by atoms with van der Waals surface area (Å²) in [4.78, 5) is 28.4. The average Bonchev–Trinajstić information content (AvgIpc) is 2.81. The number of morpholine rings is 1. The van der Waals surface area contributed by atoms with E-state index in [-0.39, 0.29) is 35.5 Å². The Bertz CT molecular complexity index is 752. The SMILES string of the molecule is C[C@@H]1CN(C(=S)S[C@H]2CC(=O)N(c3ccc(Cl)cc3Cl)C2=O)C[C@@H](C)O1. The third-order valence-corrected chi connectivity index (χ3v) is 6.37. The van der Waals surface area contributed by atoms with E-state index in [9.17, 15) is 9.59 Å². The van der Waals surface area contributed by atoms with Gasteiger partial charge in [-0.3, -0.25) is 9.59 Å². The second-order valence-corrected chi connectivity index (χ2v) is 9.08. The number of rotatable bonds is 2. The van der Waals surface area contributed by atoms with Crippen molar-refractivity contribution in [1.29, 1.82) is 0 Å². The molecule has 0 aliphatic carbocycles. The first-order chi connectivity index (χ1) is 12.3. The van der Waals surface area contributed by atoms with Crippen LogP contribution in [0.3, 0.4) is 0 Å². The minimum atomic E-state index is -0.546. The van der Waals surface area contributed by atoms with E-state index in [4.69, 9.17) is 40.2 Å². The predicted molar refractivity (Wildman–Crippen MR) is 109 cm³/mol. The molecule has 2 heterocycles. The van der Waals surface area contributed by atoms with Crippen LogP contribution in [0.2, 0.25) is 10.0 Å². The highest BCUT2D eigenvalue weighted by Crippen LogP contribution is 2.36. The van der Waals surface area contributed by atoms with Crippen LogP contribution in [0, 0.1) is 0 Å². The van der Waals surface area contributed by atoms with Crippen molar-refractivity contribution in [3.8, 4) is 0 Å². The molecule has 140 valence electrons. The molecule has 1 aromatic rings. The lowest BCUT2D eigenvalue weighted by molar-refractivity contribution is -0.121. The van der Waals surface area contributed by atoms with Crippen molar-refractivity contribution in [1.82, 2.24) is 4.90 Å². The molecule has 0 spiro atoms. The molecule has 5 nitrogen and oxygen atoms in total. The number of thioether (sulfide) groups is 1. The summed E-state index contributed by atoms with van der Waals surface area (Å²) in [6, 6.07) is 4.70. The molecule has 0 aromatic heterocycles. The number of hydrogen-bond donors (Lipinski definition) is 0. The van der Waals surface area contributed by atoms with Gasteiger partial charge in [-0.2, -0.15) is 0 Å². The Morgan fingerprint density at radius 3 is 2.50 bits per heavy atom. The third-order valence-electron chi connectivity index (χ3n) is 4.18. The summed E-state index contributed by atoms with van der Waals surface area (Å²) >= 11 is 18.8. The maximum atomic E-state index is 12.8. The van der Waals surface area contributed by atoms with Gasteiger partial charge < -0.3 is 9.64 Å². The third kappa shape index (κ3) is 4.17. The van der Waals surface area contributed by atoms with Crippen LogP contribution >= 0.6 is 47.2 Å². The molecular weight excluding hydrogens is 415 g/mol. The summed E-state index contributed by atoms with van der Waals surface area (Å²) in [5.74, 6) is -0.593. The van der Waals surface area contributed by atoms with Crippen LogP contribution in [-0.2, 0) is 14.3 Å². The molecule has 26 heavy (non-hydrogen) atoms. The Kier molecular flexibility index (Phi) is 6.14. The number of benzene rings is 1. The highest BCUT2D eigenvalue weighted by Gasteiger charge is 2.42. The topological polar surface area (TPSA) is 49.9 Å². The van der Waals surface area contributed by atoms with Gasteiger partial charge in [-0.1, -0.05) is 47.2 Å². The van der Waals surface area contributed by atoms with Gasteiger partial charge in [0.15, 0.2) is 0 Å². The standard InChI is InChI=1S/C17H18Cl2N2O3S2/c1-9-7-20(8-10(2)24-9)17(25)26-14-6-15(22)21(16(14)23)13-4-3-11(18)5-12(13)19/h3-5,9-10,14H,6-8H2,1-2H3/t9-,10-,14+/m1/s1. The largest absolute Gasteiger partial charge is 0.372 e. The first-order valence-electron chi connectivity index (χ1n) is 8.19. The van der Waals surface area contributed by atoms with E-state index in [0.29, 0.717) is 28.1 Å². The average molecular weight is 433 g/mol. The minimum Gasteiger partial charge on any atom is -0.372 e. The van der Waals surface area contributed by atoms with Crippen molar-refractivity contribution >= 4 is 69.0 Å². The molecule has 2 saturated heterocycles. The lowest BCUT2D eigenvalue weighted by Crippen LogP contribution is -2.47. The zero-order valence-electron chi connectivity index (χ0n) is 14.3. The zero-order chi connectivity index (χ0) is 19.0. The summed E-state index contributed by atoms with van der Waals surface area (Å²) in [6.45, 7) is 5.34. The number of amides is 2. The van der Waals surface area contributed by atoms with E-state index >= 15 is 0 Å². The number of thiocarbonyl (C=S) groups is 1. The molecule has 3 rings (SSSR count). The molecule has 2 aliphatic heterocycles. The van der Waals surface area contributed by atoms with Crippen LogP contribution in [0.4, 0.5) is 5.69 Å². The molecule has 3 atom stereocenters. The van der Waals surface area contributed by atoms with Gasteiger partial charge >= 0.3 is 0 Å². The van der Waals surface area contributed by atoms with Gasteiger partial charge in [0.2, 0.25) is 11.8 Å². The fraction of sp³-hybridized carbons (Fsp3) is 0.471. The summed E-state index contributed by atoms with van der Waals surface area (Å²) in [7, 11) is 0. The van der Waals surface area contributed by atoms with Gasteiger partial charge in [-0.05, 0) is 32.0 Å². The van der Waals surface area contributed by atoms with Crippen LogP contribution in [-0.4, -0.2) is 51.6 Å². The number of carbonyl (C=O) groups excluding carboxylic acids is 2. The van der Waals surface area contributed by atoms with Crippen molar-refractivity contribution in [2.75, 3.05) is 18.0 Å². The normalized spacial score (nSPS) is 26.5. The molecule has 2 fully saturated rings. The molecule has 2 amide bonds. The molecule has 1 aromatic carbocycles. The van der Waals surface area contributed by atoms with Crippen LogP contribution < -0.4 is 4.90 Å². The molecular formula is C17H18Cl2N2O3S2. The van der Waals surface area contributed by atoms with E-state index in [1.165, 1.54) is 17.8 Å². The molecule has 0 saturated carbocycles. The summed E-state index contributed by atoms with van der Waals surface area (Å²) in [5, 5.41) is 0.166. The number of halogens is 2. The van der Waals surface area contributed by atoms with Crippen LogP contribution in [0.1, 0.15) is 20.3 Å². The van der Waals surface area contributed by atoms with Crippen LogP contribution in [0.15, 0.2) is 18.2 Å². The van der Waals surface area contributed by atoms with Gasteiger partial charge in [0.1, 0.15) is 9.57 Å². The van der Waals surface area contributed by atoms with E-state index < -0.39 is 5.25 Å². The monoisotopic (exact) mass is 432 g/mol. The van der Waals surface area contributed by atoms with Crippen LogP contribution in [0.25, 0.3) is 0 Å². The van der Waals surface area contributed by atoms with Crippen molar-refractivity contribution in [3.63, 3.8) is 0 Å². The number of ether oxygens (including phenoxy) is 1. The highest BCUT2D eigenvalue weighted by atomic mass is 35.5. The Morgan fingerprint density at radius 2 is 1.88 bits per heavy atom. The summed E-state index contributed by atoms with van der Waals surface area (Å²) in [5.41, 5.74) is 0.355. The van der Waals surface area contributed by atoms with Crippen molar-refractivity contribution in [2.45, 2.75) is 37.7 Å². The Morgan fingerprint density at radius 1 is 1.23 bits per heavy atom. The number of nitrogens with zero attached hydrogens (tertiary/aromatic N) is 2.